The van der Waals surface area contributed by atoms with Crippen molar-refractivity contribution in [1.29, 1.82) is 5.26 Å². The normalized spacial score (nSPS) is 24.6. The number of carbonyl (C=O) groups is 1. The standard InChI is InChI=1S/C23H31N3O/c1-18-12-19(2)16-25(15-18)17-22(14-24)23(27)26-10-8-21(9-11-26)13-20-6-4-3-5-7-20/h3-7,17-19,21H,8-13,15-16H2,1-2H3/b22-17-. The molecule has 0 radical (unpaired) electrons. The summed E-state index contributed by atoms with van der Waals surface area (Å²) < 4.78 is 0. The molecule has 1 amide bonds. The van der Waals surface area contributed by atoms with Crippen molar-refractivity contribution in [1.82, 2.24) is 9.80 Å². The molecule has 2 saturated heterocycles. The summed E-state index contributed by atoms with van der Waals surface area (Å²) in [6.45, 7) is 7.85. The first-order chi connectivity index (χ1) is 13.0. The van der Waals surface area contributed by atoms with Crippen molar-refractivity contribution in [2.75, 3.05) is 26.2 Å². The fraction of sp³-hybridized carbons (Fsp3) is 0.565. The van der Waals surface area contributed by atoms with Gasteiger partial charge in [0.15, 0.2) is 0 Å². The average molecular weight is 366 g/mol. The van der Waals surface area contributed by atoms with Gasteiger partial charge in [-0.15, -0.1) is 0 Å². The molecular weight excluding hydrogens is 334 g/mol. The van der Waals surface area contributed by atoms with E-state index >= 15 is 0 Å². The summed E-state index contributed by atoms with van der Waals surface area (Å²) in [6, 6.07) is 12.7. The Morgan fingerprint density at radius 2 is 1.78 bits per heavy atom. The lowest BCUT2D eigenvalue weighted by molar-refractivity contribution is -0.128. The van der Waals surface area contributed by atoms with Crippen LogP contribution in [-0.4, -0.2) is 41.9 Å². The maximum Gasteiger partial charge on any atom is 0.266 e. The second kappa shape index (κ2) is 9.08. The summed E-state index contributed by atoms with van der Waals surface area (Å²) in [6.07, 6.45) is 6.13. The molecule has 0 N–H and O–H groups in total. The van der Waals surface area contributed by atoms with Gasteiger partial charge in [-0.05, 0) is 49.0 Å². The zero-order chi connectivity index (χ0) is 19.2. The van der Waals surface area contributed by atoms with Crippen LogP contribution in [0.4, 0.5) is 0 Å². The number of piperidine rings is 2. The number of rotatable bonds is 4. The highest BCUT2D eigenvalue weighted by atomic mass is 16.2. The molecule has 0 saturated carbocycles. The number of hydrogen-bond acceptors (Lipinski definition) is 3. The van der Waals surface area contributed by atoms with Crippen molar-refractivity contribution in [2.45, 2.75) is 39.5 Å². The van der Waals surface area contributed by atoms with E-state index in [-0.39, 0.29) is 11.5 Å². The van der Waals surface area contributed by atoms with E-state index in [2.05, 4.69) is 49.1 Å². The van der Waals surface area contributed by atoms with E-state index < -0.39 is 0 Å². The lowest BCUT2D eigenvalue weighted by Crippen LogP contribution is -2.40. The van der Waals surface area contributed by atoms with Crippen molar-refractivity contribution in [3.05, 3.63) is 47.7 Å². The number of carbonyl (C=O) groups excluding carboxylic acids is 1. The molecule has 2 atom stereocenters. The molecule has 1 aromatic rings. The fourth-order valence-electron chi connectivity index (χ4n) is 4.59. The van der Waals surface area contributed by atoms with Crippen LogP contribution in [0.3, 0.4) is 0 Å². The molecule has 0 bridgehead atoms. The molecule has 4 heteroatoms. The molecule has 2 aliphatic rings. The van der Waals surface area contributed by atoms with Crippen LogP contribution < -0.4 is 0 Å². The summed E-state index contributed by atoms with van der Waals surface area (Å²) in [5, 5.41) is 9.54. The SMILES string of the molecule is CC1CC(C)CN(/C=C(/C#N)C(=O)N2CCC(Cc3ccccc3)CC2)C1. The third-order valence-corrected chi connectivity index (χ3v) is 5.83. The lowest BCUT2D eigenvalue weighted by atomic mass is 9.90. The summed E-state index contributed by atoms with van der Waals surface area (Å²) in [4.78, 5) is 16.9. The van der Waals surface area contributed by atoms with Crippen molar-refractivity contribution < 1.29 is 4.79 Å². The summed E-state index contributed by atoms with van der Waals surface area (Å²) >= 11 is 0. The molecule has 0 spiro atoms. The van der Waals surface area contributed by atoms with Crippen LogP contribution in [-0.2, 0) is 11.2 Å². The Bertz CT molecular complexity index is 688. The summed E-state index contributed by atoms with van der Waals surface area (Å²) in [5.41, 5.74) is 1.66. The van der Waals surface area contributed by atoms with Crippen molar-refractivity contribution in [3.8, 4) is 6.07 Å². The zero-order valence-corrected chi connectivity index (χ0v) is 16.6. The zero-order valence-electron chi connectivity index (χ0n) is 16.6. The number of amides is 1. The van der Waals surface area contributed by atoms with Crippen molar-refractivity contribution >= 4 is 5.91 Å². The minimum absolute atomic E-state index is 0.0958. The molecule has 3 rings (SSSR count). The maximum atomic E-state index is 12.8. The van der Waals surface area contributed by atoms with Crippen LogP contribution in [0.15, 0.2) is 42.1 Å². The highest BCUT2D eigenvalue weighted by molar-refractivity contribution is 5.97. The average Bonchev–Trinajstić information content (AvgIpc) is 2.66. The van der Waals surface area contributed by atoms with Crippen LogP contribution in [0, 0.1) is 29.1 Å². The summed E-state index contributed by atoms with van der Waals surface area (Å²) in [7, 11) is 0. The fourth-order valence-corrected chi connectivity index (χ4v) is 4.59. The molecule has 2 fully saturated rings. The molecule has 2 unspecified atom stereocenters. The van der Waals surface area contributed by atoms with Gasteiger partial charge in [0.2, 0.25) is 0 Å². The maximum absolute atomic E-state index is 12.8. The highest BCUT2D eigenvalue weighted by Gasteiger charge is 2.26. The minimum Gasteiger partial charge on any atom is -0.376 e. The van der Waals surface area contributed by atoms with Gasteiger partial charge in [0.05, 0.1) is 0 Å². The molecule has 2 aliphatic heterocycles. The number of hydrogen-bond donors (Lipinski definition) is 0. The number of nitrogens with zero attached hydrogens (tertiary/aromatic N) is 3. The van der Waals surface area contributed by atoms with Gasteiger partial charge in [0.1, 0.15) is 11.6 Å². The molecule has 1 aromatic carbocycles. The van der Waals surface area contributed by atoms with Gasteiger partial charge in [0, 0.05) is 32.4 Å². The Morgan fingerprint density at radius 3 is 2.37 bits per heavy atom. The van der Waals surface area contributed by atoms with E-state index in [0.717, 1.165) is 45.4 Å². The Labute approximate surface area is 163 Å². The highest BCUT2D eigenvalue weighted by Crippen LogP contribution is 2.24. The monoisotopic (exact) mass is 365 g/mol. The Morgan fingerprint density at radius 1 is 1.15 bits per heavy atom. The molecule has 4 nitrogen and oxygen atoms in total. The third kappa shape index (κ3) is 5.35. The second-order valence-corrected chi connectivity index (χ2v) is 8.48. The van der Waals surface area contributed by atoms with Crippen LogP contribution in [0.25, 0.3) is 0 Å². The van der Waals surface area contributed by atoms with E-state index in [1.54, 1.807) is 0 Å². The van der Waals surface area contributed by atoms with Crippen LogP contribution in [0.2, 0.25) is 0 Å². The minimum atomic E-state index is -0.0958. The lowest BCUT2D eigenvalue weighted by Gasteiger charge is -2.35. The van der Waals surface area contributed by atoms with E-state index in [9.17, 15) is 10.1 Å². The Kier molecular flexibility index (Phi) is 6.55. The number of likely N-dealkylation sites (tertiary alicyclic amines) is 2. The first-order valence-corrected chi connectivity index (χ1v) is 10.2. The Hall–Kier alpha value is -2.28. The van der Waals surface area contributed by atoms with Gasteiger partial charge in [-0.1, -0.05) is 44.2 Å². The third-order valence-electron chi connectivity index (χ3n) is 5.83. The predicted octanol–water partition coefficient (Wildman–Crippen LogP) is 3.85. The predicted molar refractivity (Wildman–Crippen MR) is 108 cm³/mol. The van der Waals surface area contributed by atoms with Gasteiger partial charge in [-0.3, -0.25) is 4.79 Å². The van der Waals surface area contributed by atoms with Crippen LogP contribution in [0.1, 0.15) is 38.7 Å². The van der Waals surface area contributed by atoms with Crippen molar-refractivity contribution in [2.24, 2.45) is 17.8 Å². The van der Waals surface area contributed by atoms with Gasteiger partial charge in [-0.25, -0.2) is 0 Å². The topological polar surface area (TPSA) is 47.3 Å². The molecule has 144 valence electrons. The van der Waals surface area contributed by atoms with Crippen LogP contribution >= 0.6 is 0 Å². The van der Waals surface area contributed by atoms with Crippen molar-refractivity contribution in [3.63, 3.8) is 0 Å². The number of benzene rings is 1. The largest absolute Gasteiger partial charge is 0.376 e. The molecule has 2 heterocycles. The summed E-state index contributed by atoms with van der Waals surface area (Å²) in [5.74, 6) is 1.74. The quantitative estimate of drug-likeness (QED) is 0.601. The molecular formula is C23H31N3O. The van der Waals surface area contributed by atoms with Crippen LogP contribution in [0.5, 0.6) is 0 Å². The van der Waals surface area contributed by atoms with Gasteiger partial charge >= 0.3 is 0 Å². The van der Waals surface area contributed by atoms with Gasteiger partial charge in [-0.2, -0.15) is 5.26 Å². The van der Waals surface area contributed by atoms with E-state index in [4.69, 9.17) is 0 Å². The molecule has 0 aliphatic carbocycles. The molecule has 0 aromatic heterocycles. The first-order valence-electron chi connectivity index (χ1n) is 10.2. The number of nitriles is 1. The molecule has 27 heavy (non-hydrogen) atoms. The second-order valence-electron chi connectivity index (χ2n) is 8.48. The Balaban J connectivity index is 1.55. The van der Waals surface area contributed by atoms with E-state index in [0.29, 0.717) is 17.8 Å². The first kappa shape index (κ1) is 19.5. The van der Waals surface area contributed by atoms with E-state index in [1.165, 1.54) is 12.0 Å². The smallest absolute Gasteiger partial charge is 0.266 e. The van der Waals surface area contributed by atoms with Gasteiger partial charge in [0.25, 0.3) is 5.91 Å². The van der Waals surface area contributed by atoms with Gasteiger partial charge < -0.3 is 9.80 Å². The van der Waals surface area contributed by atoms with E-state index in [1.807, 2.05) is 17.2 Å².